The summed E-state index contributed by atoms with van der Waals surface area (Å²) in [6.07, 6.45) is 1.12. The standard InChI is InChI=1S/C19H22ClNO/c1-13-10-17(11-14(2)19(13)20)22-9-8-21-15(3)12-16-6-4-5-7-18(16)21/h4-7,10-11,15H,8-9,12H2,1-3H3. The molecule has 1 atom stereocenters. The maximum absolute atomic E-state index is 6.20. The second-order valence-corrected chi connectivity index (χ2v) is 6.47. The molecule has 0 bridgehead atoms. The molecule has 1 aliphatic rings. The van der Waals surface area contributed by atoms with Crippen molar-refractivity contribution in [1.82, 2.24) is 0 Å². The van der Waals surface area contributed by atoms with Gasteiger partial charge in [0.15, 0.2) is 0 Å². The number of anilines is 1. The third-order valence-electron chi connectivity index (χ3n) is 4.36. The Morgan fingerprint density at radius 3 is 2.59 bits per heavy atom. The SMILES string of the molecule is Cc1cc(OCCN2c3ccccc3CC2C)cc(C)c1Cl. The summed E-state index contributed by atoms with van der Waals surface area (Å²) < 4.78 is 5.95. The van der Waals surface area contributed by atoms with E-state index in [1.165, 1.54) is 11.3 Å². The van der Waals surface area contributed by atoms with Crippen molar-refractivity contribution in [3.63, 3.8) is 0 Å². The Kier molecular flexibility index (Phi) is 4.30. The number of benzene rings is 2. The molecule has 3 heteroatoms. The Morgan fingerprint density at radius 2 is 1.86 bits per heavy atom. The van der Waals surface area contributed by atoms with Crippen LogP contribution in [-0.2, 0) is 6.42 Å². The van der Waals surface area contributed by atoms with E-state index in [1.54, 1.807) is 0 Å². The Bertz CT molecular complexity index is 660. The molecule has 0 amide bonds. The van der Waals surface area contributed by atoms with Crippen LogP contribution in [0.1, 0.15) is 23.6 Å². The van der Waals surface area contributed by atoms with Crippen molar-refractivity contribution in [2.45, 2.75) is 33.2 Å². The Hall–Kier alpha value is -1.67. The molecule has 0 N–H and O–H groups in total. The number of hydrogen-bond acceptors (Lipinski definition) is 2. The lowest BCUT2D eigenvalue weighted by Crippen LogP contribution is -2.33. The largest absolute Gasteiger partial charge is 0.492 e. The summed E-state index contributed by atoms with van der Waals surface area (Å²) in [5, 5.41) is 0.828. The predicted molar refractivity (Wildman–Crippen MR) is 93.4 cm³/mol. The van der Waals surface area contributed by atoms with Gasteiger partial charge in [-0.15, -0.1) is 0 Å². The fourth-order valence-corrected chi connectivity index (χ4v) is 3.33. The van der Waals surface area contributed by atoms with Crippen LogP contribution < -0.4 is 9.64 Å². The minimum absolute atomic E-state index is 0.537. The van der Waals surface area contributed by atoms with E-state index in [1.807, 2.05) is 26.0 Å². The average molecular weight is 316 g/mol. The number of nitrogens with zero attached hydrogens (tertiary/aromatic N) is 1. The first-order chi connectivity index (χ1) is 10.6. The summed E-state index contributed by atoms with van der Waals surface area (Å²) in [4.78, 5) is 2.44. The highest BCUT2D eigenvalue weighted by Gasteiger charge is 2.24. The number of rotatable bonds is 4. The number of para-hydroxylation sites is 1. The zero-order chi connectivity index (χ0) is 15.7. The topological polar surface area (TPSA) is 12.5 Å². The molecular formula is C19H22ClNO. The van der Waals surface area contributed by atoms with E-state index in [0.29, 0.717) is 12.6 Å². The Morgan fingerprint density at radius 1 is 1.18 bits per heavy atom. The van der Waals surface area contributed by atoms with Crippen molar-refractivity contribution < 1.29 is 4.74 Å². The van der Waals surface area contributed by atoms with Gasteiger partial charge in [0, 0.05) is 16.8 Å². The van der Waals surface area contributed by atoms with E-state index in [0.717, 1.165) is 34.9 Å². The molecule has 0 radical (unpaired) electrons. The fraction of sp³-hybridized carbons (Fsp3) is 0.368. The molecular weight excluding hydrogens is 294 g/mol. The minimum atomic E-state index is 0.537. The zero-order valence-corrected chi connectivity index (χ0v) is 14.2. The van der Waals surface area contributed by atoms with Gasteiger partial charge in [-0.05, 0) is 62.1 Å². The van der Waals surface area contributed by atoms with Crippen LogP contribution in [0.25, 0.3) is 0 Å². The number of aryl methyl sites for hydroxylation is 2. The second kappa shape index (κ2) is 6.21. The minimum Gasteiger partial charge on any atom is -0.492 e. The van der Waals surface area contributed by atoms with E-state index >= 15 is 0 Å². The molecule has 0 aromatic heterocycles. The van der Waals surface area contributed by atoms with Gasteiger partial charge in [0.1, 0.15) is 12.4 Å². The van der Waals surface area contributed by atoms with Crippen LogP contribution in [0.15, 0.2) is 36.4 Å². The van der Waals surface area contributed by atoms with Gasteiger partial charge in [0.05, 0.1) is 6.54 Å². The van der Waals surface area contributed by atoms with Crippen LogP contribution in [0, 0.1) is 13.8 Å². The van der Waals surface area contributed by atoms with E-state index < -0.39 is 0 Å². The van der Waals surface area contributed by atoms with Gasteiger partial charge < -0.3 is 9.64 Å². The summed E-state index contributed by atoms with van der Waals surface area (Å²) in [6, 6.07) is 13.2. The molecule has 2 aromatic carbocycles. The van der Waals surface area contributed by atoms with Gasteiger partial charge in [-0.2, -0.15) is 0 Å². The van der Waals surface area contributed by atoms with Gasteiger partial charge in [0.25, 0.3) is 0 Å². The molecule has 0 saturated carbocycles. The quantitative estimate of drug-likeness (QED) is 0.804. The highest BCUT2D eigenvalue weighted by atomic mass is 35.5. The molecule has 116 valence electrons. The van der Waals surface area contributed by atoms with Crippen LogP contribution in [0.2, 0.25) is 5.02 Å². The van der Waals surface area contributed by atoms with Gasteiger partial charge in [-0.25, -0.2) is 0 Å². The Labute approximate surface area is 137 Å². The number of halogens is 1. The van der Waals surface area contributed by atoms with Crippen molar-refractivity contribution in [2.24, 2.45) is 0 Å². The third kappa shape index (κ3) is 2.93. The van der Waals surface area contributed by atoms with Crippen molar-refractivity contribution >= 4 is 17.3 Å². The van der Waals surface area contributed by atoms with E-state index in [2.05, 4.69) is 36.1 Å². The van der Waals surface area contributed by atoms with Gasteiger partial charge in [0.2, 0.25) is 0 Å². The fourth-order valence-electron chi connectivity index (χ4n) is 3.22. The first-order valence-electron chi connectivity index (χ1n) is 7.80. The first-order valence-corrected chi connectivity index (χ1v) is 8.18. The molecule has 0 saturated heterocycles. The van der Waals surface area contributed by atoms with E-state index in [9.17, 15) is 0 Å². The van der Waals surface area contributed by atoms with Crippen molar-refractivity contribution in [3.8, 4) is 5.75 Å². The molecule has 0 fully saturated rings. The molecule has 2 aromatic rings. The molecule has 1 heterocycles. The lowest BCUT2D eigenvalue weighted by Gasteiger charge is -2.25. The van der Waals surface area contributed by atoms with E-state index in [-0.39, 0.29) is 0 Å². The normalized spacial score (nSPS) is 16.7. The lowest BCUT2D eigenvalue weighted by atomic mass is 10.1. The van der Waals surface area contributed by atoms with Gasteiger partial charge in [-0.3, -0.25) is 0 Å². The zero-order valence-electron chi connectivity index (χ0n) is 13.4. The number of fused-ring (bicyclic) bond motifs is 1. The second-order valence-electron chi connectivity index (χ2n) is 6.09. The van der Waals surface area contributed by atoms with Gasteiger partial charge >= 0.3 is 0 Å². The van der Waals surface area contributed by atoms with Crippen molar-refractivity contribution in [1.29, 1.82) is 0 Å². The maximum atomic E-state index is 6.20. The van der Waals surface area contributed by atoms with Crippen LogP contribution in [0.5, 0.6) is 5.75 Å². The van der Waals surface area contributed by atoms with Gasteiger partial charge in [-0.1, -0.05) is 29.8 Å². The van der Waals surface area contributed by atoms with E-state index in [4.69, 9.17) is 16.3 Å². The Balaban J connectivity index is 1.64. The first kappa shape index (κ1) is 15.2. The van der Waals surface area contributed by atoms with Crippen LogP contribution >= 0.6 is 11.6 Å². The summed E-state index contributed by atoms with van der Waals surface area (Å²) in [7, 11) is 0. The van der Waals surface area contributed by atoms with Crippen LogP contribution in [-0.4, -0.2) is 19.2 Å². The molecule has 3 rings (SSSR count). The highest BCUT2D eigenvalue weighted by Crippen LogP contribution is 2.31. The predicted octanol–water partition coefficient (Wildman–Crippen LogP) is 4.79. The average Bonchev–Trinajstić information content (AvgIpc) is 2.81. The summed E-state index contributed by atoms with van der Waals surface area (Å²) in [5.74, 6) is 0.902. The van der Waals surface area contributed by atoms with Crippen molar-refractivity contribution in [3.05, 3.63) is 58.1 Å². The maximum Gasteiger partial charge on any atom is 0.120 e. The molecule has 1 unspecified atom stereocenters. The smallest absolute Gasteiger partial charge is 0.120 e. The van der Waals surface area contributed by atoms with Crippen molar-refractivity contribution in [2.75, 3.05) is 18.1 Å². The van der Waals surface area contributed by atoms with Crippen LogP contribution in [0.3, 0.4) is 0 Å². The molecule has 0 aliphatic carbocycles. The highest BCUT2D eigenvalue weighted by molar-refractivity contribution is 6.32. The summed E-state index contributed by atoms with van der Waals surface area (Å²) in [6.45, 7) is 7.89. The summed E-state index contributed by atoms with van der Waals surface area (Å²) >= 11 is 6.20. The molecule has 2 nitrogen and oxygen atoms in total. The van der Waals surface area contributed by atoms with Crippen LogP contribution in [0.4, 0.5) is 5.69 Å². The molecule has 22 heavy (non-hydrogen) atoms. The summed E-state index contributed by atoms with van der Waals surface area (Å²) in [5.41, 5.74) is 4.92. The molecule has 0 spiro atoms. The third-order valence-corrected chi connectivity index (χ3v) is 4.96. The number of hydrogen-bond donors (Lipinski definition) is 0. The number of ether oxygens (including phenoxy) is 1. The molecule has 1 aliphatic heterocycles. The monoisotopic (exact) mass is 315 g/mol. The lowest BCUT2D eigenvalue weighted by molar-refractivity contribution is 0.320.